The second kappa shape index (κ2) is 4.61. The summed E-state index contributed by atoms with van der Waals surface area (Å²) in [6, 6.07) is 5.44. The molecule has 0 atom stereocenters. The molecule has 12 heavy (non-hydrogen) atoms. The average molecular weight is 231 g/mol. The van der Waals surface area contributed by atoms with Gasteiger partial charge in [-0.2, -0.15) is 0 Å². The first kappa shape index (κ1) is 9.72. The highest BCUT2D eigenvalue weighted by Gasteiger charge is 1.98. The number of halogens is 2. The maximum atomic E-state index is 13.0. The molecule has 0 aliphatic heterocycles. The van der Waals surface area contributed by atoms with Crippen molar-refractivity contribution in [2.24, 2.45) is 0 Å². The van der Waals surface area contributed by atoms with Gasteiger partial charge in [0.25, 0.3) is 0 Å². The minimum Gasteiger partial charge on any atom is -0.207 e. The lowest BCUT2D eigenvalue weighted by Gasteiger charge is -2.01. The maximum Gasteiger partial charge on any atom is 0.126 e. The van der Waals surface area contributed by atoms with E-state index in [2.05, 4.69) is 15.9 Å². The highest BCUT2D eigenvalue weighted by Crippen LogP contribution is 2.11. The van der Waals surface area contributed by atoms with Crippen molar-refractivity contribution in [3.05, 3.63) is 35.1 Å². The zero-order valence-corrected chi connectivity index (χ0v) is 8.70. The third-order valence-electron chi connectivity index (χ3n) is 1.84. The second-order valence-electron chi connectivity index (χ2n) is 2.88. The molecular weight excluding hydrogens is 219 g/mol. The van der Waals surface area contributed by atoms with Crippen LogP contribution in [0.3, 0.4) is 0 Å². The Kier molecular flexibility index (Phi) is 3.73. The summed E-state index contributed by atoms with van der Waals surface area (Å²) in [5.74, 6) is -0.0953. The first-order valence-electron chi connectivity index (χ1n) is 4.05. The van der Waals surface area contributed by atoms with Gasteiger partial charge in [-0.15, -0.1) is 0 Å². The monoisotopic (exact) mass is 230 g/mol. The lowest BCUT2D eigenvalue weighted by Crippen LogP contribution is -1.89. The third kappa shape index (κ3) is 2.59. The van der Waals surface area contributed by atoms with E-state index < -0.39 is 0 Å². The Morgan fingerprint density at radius 1 is 1.42 bits per heavy atom. The van der Waals surface area contributed by atoms with E-state index in [1.807, 2.05) is 12.1 Å². The Bertz CT molecular complexity index is 258. The number of hydrogen-bond donors (Lipinski definition) is 0. The van der Waals surface area contributed by atoms with Crippen molar-refractivity contribution >= 4 is 15.9 Å². The van der Waals surface area contributed by atoms with E-state index in [1.54, 1.807) is 13.0 Å². The standard InChI is InChI=1S/C10H12BrF/c1-8-4-5-9(3-2-6-11)7-10(8)12/h4-5,7H,2-3,6H2,1H3. The Morgan fingerprint density at radius 3 is 2.75 bits per heavy atom. The second-order valence-corrected chi connectivity index (χ2v) is 3.67. The Hall–Kier alpha value is -0.370. The minimum atomic E-state index is -0.0953. The summed E-state index contributed by atoms with van der Waals surface area (Å²) in [6.07, 6.45) is 2.00. The van der Waals surface area contributed by atoms with Crippen LogP contribution in [0, 0.1) is 12.7 Å². The van der Waals surface area contributed by atoms with Gasteiger partial charge in [-0.1, -0.05) is 28.1 Å². The Morgan fingerprint density at radius 2 is 2.17 bits per heavy atom. The number of alkyl halides is 1. The van der Waals surface area contributed by atoms with E-state index in [4.69, 9.17) is 0 Å². The van der Waals surface area contributed by atoms with Crippen LogP contribution in [0.5, 0.6) is 0 Å². The van der Waals surface area contributed by atoms with Crippen LogP contribution in [0.2, 0.25) is 0 Å². The average Bonchev–Trinajstić information content (AvgIpc) is 2.07. The smallest absolute Gasteiger partial charge is 0.126 e. The fraction of sp³-hybridized carbons (Fsp3) is 0.400. The molecule has 0 nitrogen and oxygen atoms in total. The quantitative estimate of drug-likeness (QED) is 0.699. The lowest BCUT2D eigenvalue weighted by molar-refractivity contribution is 0.616. The number of aryl methyl sites for hydroxylation is 2. The van der Waals surface area contributed by atoms with E-state index in [1.165, 1.54) is 0 Å². The van der Waals surface area contributed by atoms with Gasteiger partial charge in [0.1, 0.15) is 5.82 Å². The first-order valence-corrected chi connectivity index (χ1v) is 5.17. The summed E-state index contributed by atoms with van der Waals surface area (Å²) in [6.45, 7) is 1.78. The van der Waals surface area contributed by atoms with Crippen molar-refractivity contribution in [1.82, 2.24) is 0 Å². The van der Waals surface area contributed by atoms with Gasteiger partial charge >= 0.3 is 0 Å². The number of rotatable bonds is 3. The molecular formula is C10H12BrF. The van der Waals surface area contributed by atoms with Crippen LogP contribution in [0.25, 0.3) is 0 Å². The zero-order valence-electron chi connectivity index (χ0n) is 7.11. The topological polar surface area (TPSA) is 0 Å². The molecule has 0 bridgehead atoms. The summed E-state index contributed by atoms with van der Waals surface area (Å²) >= 11 is 3.35. The van der Waals surface area contributed by atoms with Crippen LogP contribution < -0.4 is 0 Å². The van der Waals surface area contributed by atoms with Gasteiger partial charge < -0.3 is 0 Å². The first-order chi connectivity index (χ1) is 5.74. The molecule has 0 aromatic heterocycles. The van der Waals surface area contributed by atoms with Crippen molar-refractivity contribution in [2.45, 2.75) is 19.8 Å². The van der Waals surface area contributed by atoms with Crippen LogP contribution in [-0.2, 0) is 6.42 Å². The van der Waals surface area contributed by atoms with Crippen LogP contribution in [0.4, 0.5) is 4.39 Å². The fourth-order valence-electron chi connectivity index (χ4n) is 1.06. The normalized spacial score (nSPS) is 10.2. The maximum absolute atomic E-state index is 13.0. The zero-order chi connectivity index (χ0) is 8.97. The summed E-state index contributed by atoms with van der Waals surface area (Å²) in [4.78, 5) is 0. The van der Waals surface area contributed by atoms with Crippen molar-refractivity contribution in [1.29, 1.82) is 0 Å². The molecule has 0 N–H and O–H groups in total. The summed E-state index contributed by atoms with van der Waals surface area (Å²) < 4.78 is 13.0. The summed E-state index contributed by atoms with van der Waals surface area (Å²) in [5, 5.41) is 0.975. The fourth-order valence-corrected chi connectivity index (χ4v) is 1.34. The molecule has 1 aromatic carbocycles. The van der Waals surface area contributed by atoms with E-state index >= 15 is 0 Å². The minimum absolute atomic E-state index is 0.0953. The van der Waals surface area contributed by atoms with Gasteiger partial charge in [-0.3, -0.25) is 0 Å². The molecule has 0 heterocycles. The third-order valence-corrected chi connectivity index (χ3v) is 2.40. The van der Waals surface area contributed by atoms with Crippen LogP contribution >= 0.6 is 15.9 Å². The molecule has 0 saturated carbocycles. The molecule has 0 unspecified atom stereocenters. The molecule has 0 amide bonds. The van der Waals surface area contributed by atoms with Crippen LogP contribution in [0.1, 0.15) is 17.5 Å². The predicted molar refractivity (Wildman–Crippen MR) is 53.3 cm³/mol. The molecule has 1 rings (SSSR count). The molecule has 0 radical (unpaired) electrons. The molecule has 66 valence electrons. The molecule has 2 heteroatoms. The van der Waals surface area contributed by atoms with Gasteiger partial charge in [0, 0.05) is 5.33 Å². The lowest BCUT2D eigenvalue weighted by atomic mass is 10.1. The summed E-state index contributed by atoms with van der Waals surface area (Å²) in [5.41, 5.74) is 1.80. The van der Waals surface area contributed by atoms with Crippen molar-refractivity contribution in [3.63, 3.8) is 0 Å². The predicted octanol–water partition coefficient (Wildman–Crippen LogP) is 3.46. The molecule has 1 aromatic rings. The van der Waals surface area contributed by atoms with Gasteiger partial charge in [-0.25, -0.2) is 4.39 Å². The van der Waals surface area contributed by atoms with Gasteiger partial charge in [0.2, 0.25) is 0 Å². The van der Waals surface area contributed by atoms with Crippen LogP contribution in [0.15, 0.2) is 18.2 Å². The Labute approximate surface area is 80.9 Å². The number of benzene rings is 1. The van der Waals surface area contributed by atoms with Crippen molar-refractivity contribution < 1.29 is 4.39 Å². The molecule has 0 saturated heterocycles. The largest absolute Gasteiger partial charge is 0.207 e. The summed E-state index contributed by atoms with van der Waals surface area (Å²) in [7, 11) is 0. The van der Waals surface area contributed by atoms with E-state index in [9.17, 15) is 4.39 Å². The molecule has 0 aliphatic carbocycles. The van der Waals surface area contributed by atoms with E-state index in [-0.39, 0.29) is 5.82 Å². The molecule has 0 fully saturated rings. The van der Waals surface area contributed by atoms with Gasteiger partial charge in [-0.05, 0) is 37.0 Å². The highest BCUT2D eigenvalue weighted by molar-refractivity contribution is 9.09. The molecule has 0 spiro atoms. The Balaban J connectivity index is 2.69. The molecule has 0 aliphatic rings. The highest BCUT2D eigenvalue weighted by atomic mass is 79.9. The van der Waals surface area contributed by atoms with E-state index in [0.29, 0.717) is 0 Å². The van der Waals surface area contributed by atoms with Crippen LogP contribution in [-0.4, -0.2) is 5.33 Å². The van der Waals surface area contributed by atoms with E-state index in [0.717, 1.165) is 29.3 Å². The van der Waals surface area contributed by atoms with Gasteiger partial charge in [0.05, 0.1) is 0 Å². The SMILES string of the molecule is Cc1ccc(CCCBr)cc1F. The van der Waals surface area contributed by atoms with Crippen molar-refractivity contribution in [2.75, 3.05) is 5.33 Å². The van der Waals surface area contributed by atoms with Crippen molar-refractivity contribution in [3.8, 4) is 0 Å². The van der Waals surface area contributed by atoms with Gasteiger partial charge in [0.15, 0.2) is 0 Å². The number of hydrogen-bond acceptors (Lipinski definition) is 0.